The van der Waals surface area contributed by atoms with Crippen molar-refractivity contribution in [3.05, 3.63) is 27.7 Å². The first-order valence-electron chi connectivity index (χ1n) is 4.95. The van der Waals surface area contributed by atoms with Crippen LogP contribution in [0.2, 0.25) is 5.02 Å². The van der Waals surface area contributed by atoms with Gasteiger partial charge in [-0.25, -0.2) is 0 Å². The Labute approximate surface area is 98.0 Å². The summed E-state index contributed by atoms with van der Waals surface area (Å²) in [5, 5.41) is 4.19. The topological polar surface area (TPSA) is 12.0 Å². The molecule has 1 aliphatic carbocycles. The van der Waals surface area contributed by atoms with Crippen molar-refractivity contribution in [1.29, 1.82) is 0 Å². The van der Waals surface area contributed by atoms with Crippen molar-refractivity contribution >= 4 is 33.2 Å². The molecule has 0 unspecified atom stereocenters. The van der Waals surface area contributed by atoms with E-state index in [1.165, 1.54) is 19.3 Å². The number of benzene rings is 1. The van der Waals surface area contributed by atoms with Crippen LogP contribution < -0.4 is 5.32 Å². The van der Waals surface area contributed by atoms with Crippen LogP contribution in [-0.4, -0.2) is 6.54 Å². The second-order valence-corrected chi connectivity index (χ2v) is 4.98. The molecule has 1 aromatic carbocycles. The predicted molar refractivity (Wildman–Crippen MR) is 65.0 cm³/mol. The lowest BCUT2D eigenvalue weighted by atomic mass is 9.85. The molecule has 1 aliphatic rings. The molecular formula is C11H13BrClN. The highest BCUT2D eigenvalue weighted by molar-refractivity contribution is 9.10. The zero-order valence-corrected chi connectivity index (χ0v) is 10.2. The standard InChI is InChI=1S/C11H13BrClN/c12-11-9(13)5-2-6-10(11)14-7-8-3-1-4-8/h2,5-6,8,14H,1,3-4,7H2. The molecule has 0 aliphatic heterocycles. The Bertz CT molecular complexity index is 323. The van der Waals surface area contributed by atoms with Gasteiger partial charge in [0.2, 0.25) is 0 Å². The zero-order valence-electron chi connectivity index (χ0n) is 7.89. The first-order chi connectivity index (χ1) is 6.77. The van der Waals surface area contributed by atoms with Crippen molar-refractivity contribution in [2.45, 2.75) is 19.3 Å². The lowest BCUT2D eigenvalue weighted by molar-refractivity contribution is 0.333. The van der Waals surface area contributed by atoms with Crippen LogP contribution in [0.5, 0.6) is 0 Å². The maximum atomic E-state index is 5.99. The number of anilines is 1. The smallest absolute Gasteiger partial charge is 0.0593 e. The van der Waals surface area contributed by atoms with Crippen molar-refractivity contribution in [3.8, 4) is 0 Å². The van der Waals surface area contributed by atoms with E-state index in [2.05, 4.69) is 27.3 Å². The first-order valence-corrected chi connectivity index (χ1v) is 6.12. The van der Waals surface area contributed by atoms with Crippen LogP contribution in [0.15, 0.2) is 22.7 Å². The summed E-state index contributed by atoms with van der Waals surface area (Å²) in [5.41, 5.74) is 1.10. The van der Waals surface area contributed by atoms with Crippen LogP contribution in [0.4, 0.5) is 5.69 Å². The molecule has 1 saturated carbocycles. The molecule has 1 aromatic rings. The molecule has 0 saturated heterocycles. The third kappa shape index (κ3) is 2.23. The number of halogens is 2. The highest BCUT2D eigenvalue weighted by Gasteiger charge is 2.17. The predicted octanol–water partition coefficient (Wildman–Crippen LogP) is 4.31. The Balaban J connectivity index is 1.97. The molecule has 2 rings (SSSR count). The third-order valence-electron chi connectivity index (χ3n) is 2.76. The van der Waals surface area contributed by atoms with E-state index in [1.54, 1.807) is 0 Å². The normalized spacial score (nSPS) is 16.4. The summed E-state index contributed by atoms with van der Waals surface area (Å²) >= 11 is 9.47. The Kier molecular flexibility index (Phi) is 3.34. The van der Waals surface area contributed by atoms with Crippen LogP contribution in [0.1, 0.15) is 19.3 Å². The van der Waals surface area contributed by atoms with Gasteiger partial charge in [-0.2, -0.15) is 0 Å². The van der Waals surface area contributed by atoms with Crippen LogP contribution >= 0.6 is 27.5 Å². The monoisotopic (exact) mass is 273 g/mol. The number of nitrogens with one attached hydrogen (secondary N) is 1. The van der Waals surface area contributed by atoms with E-state index in [0.29, 0.717) is 0 Å². The van der Waals surface area contributed by atoms with Gasteiger partial charge in [-0.15, -0.1) is 0 Å². The fraction of sp³-hybridized carbons (Fsp3) is 0.455. The molecule has 0 spiro atoms. The van der Waals surface area contributed by atoms with Crippen molar-refractivity contribution in [2.75, 3.05) is 11.9 Å². The molecule has 14 heavy (non-hydrogen) atoms. The van der Waals surface area contributed by atoms with Crippen LogP contribution in [-0.2, 0) is 0 Å². The summed E-state index contributed by atoms with van der Waals surface area (Å²) < 4.78 is 0.973. The Hall–Kier alpha value is -0.210. The van der Waals surface area contributed by atoms with Gasteiger partial charge in [0.05, 0.1) is 9.50 Å². The quantitative estimate of drug-likeness (QED) is 0.866. The lowest BCUT2D eigenvalue weighted by Gasteiger charge is -2.26. The van der Waals surface area contributed by atoms with E-state index in [-0.39, 0.29) is 0 Å². The summed E-state index contributed by atoms with van der Waals surface area (Å²) in [6, 6.07) is 5.91. The van der Waals surface area contributed by atoms with Gasteiger partial charge in [0.25, 0.3) is 0 Å². The maximum absolute atomic E-state index is 5.99. The second kappa shape index (κ2) is 4.54. The number of hydrogen-bond donors (Lipinski definition) is 1. The molecule has 0 amide bonds. The van der Waals surface area contributed by atoms with E-state index in [4.69, 9.17) is 11.6 Å². The largest absolute Gasteiger partial charge is 0.384 e. The van der Waals surface area contributed by atoms with E-state index in [0.717, 1.165) is 27.6 Å². The molecule has 1 fully saturated rings. The Morgan fingerprint density at radius 2 is 2.21 bits per heavy atom. The molecule has 0 atom stereocenters. The molecule has 1 nitrogen and oxygen atoms in total. The molecule has 0 bridgehead atoms. The highest BCUT2D eigenvalue weighted by Crippen LogP contribution is 2.32. The fourth-order valence-corrected chi connectivity index (χ4v) is 2.17. The van der Waals surface area contributed by atoms with Gasteiger partial charge in [0, 0.05) is 12.2 Å². The third-order valence-corrected chi connectivity index (χ3v) is 4.16. The average molecular weight is 275 g/mol. The van der Waals surface area contributed by atoms with Gasteiger partial charge in [-0.1, -0.05) is 24.1 Å². The molecule has 0 radical (unpaired) electrons. The molecule has 0 aromatic heterocycles. The van der Waals surface area contributed by atoms with Crippen molar-refractivity contribution < 1.29 is 0 Å². The number of rotatable bonds is 3. The van der Waals surface area contributed by atoms with E-state index in [9.17, 15) is 0 Å². The van der Waals surface area contributed by atoms with Gasteiger partial charge in [-0.05, 0) is 46.8 Å². The minimum atomic E-state index is 0.767. The Morgan fingerprint density at radius 3 is 2.86 bits per heavy atom. The van der Waals surface area contributed by atoms with E-state index in [1.807, 2.05) is 12.1 Å². The summed E-state index contributed by atoms with van der Waals surface area (Å²) in [6.45, 7) is 1.07. The van der Waals surface area contributed by atoms with Crippen LogP contribution in [0.3, 0.4) is 0 Å². The summed E-state index contributed by atoms with van der Waals surface area (Å²) in [5.74, 6) is 0.862. The molecule has 3 heteroatoms. The minimum Gasteiger partial charge on any atom is -0.384 e. The van der Waals surface area contributed by atoms with Crippen molar-refractivity contribution in [2.24, 2.45) is 5.92 Å². The molecular weight excluding hydrogens is 261 g/mol. The van der Waals surface area contributed by atoms with E-state index < -0.39 is 0 Å². The van der Waals surface area contributed by atoms with Gasteiger partial charge >= 0.3 is 0 Å². The second-order valence-electron chi connectivity index (χ2n) is 3.78. The Morgan fingerprint density at radius 1 is 1.43 bits per heavy atom. The molecule has 0 heterocycles. The van der Waals surface area contributed by atoms with Crippen LogP contribution in [0.25, 0.3) is 0 Å². The number of hydrogen-bond acceptors (Lipinski definition) is 1. The van der Waals surface area contributed by atoms with E-state index >= 15 is 0 Å². The molecule has 1 N–H and O–H groups in total. The van der Waals surface area contributed by atoms with Gasteiger partial charge in [0.1, 0.15) is 0 Å². The average Bonchev–Trinajstić information content (AvgIpc) is 2.09. The van der Waals surface area contributed by atoms with Crippen molar-refractivity contribution in [1.82, 2.24) is 0 Å². The SMILES string of the molecule is Clc1cccc(NCC2CCC2)c1Br. The zero-order chi connectivity index (χ0) is 9.97. The first kappa shape index (κ1) is 10.3. The van der Waals surface area contributed by atoms with Crippen molar-refractivity contribution in [3.63, 3.8) is 0 Å². The van der Waals surface area contributed by atoms with Gasteiger partial charge in [0.15, 0.2) is 0 Å². The van der Waals surface area contributed by atoms with Gasteiger partial charge in [-0.3, -0.25) is 0 Å². The highest BCUT2D eigenvalue weighted by atomic mass is 79.9. The molecule has 76 valence electrons. The summed E-state index contributed by atoms with van der Waals surface area (Å²) in [7, 11) is 0. The maximum Gasteiger partial charge on any atom is 0.0593 e. The summed E-state index contributed by atoms with van der Waals surface area (Å²) in [4.78, 5) is 0. The minimum absolute atomic E-state index is 0.767. The van der Waals surface area contributed by atoms with Crippen LogP contribution in [0, 0.1) is 5.92 Å². The fourth-order valence-electron chi connectivity index (χ4n) is 1.59. The van der Waals surface area contributed by atoms with Gasteiger partial charge < -0.3 is 5.32 Å². The summed E-state index contributed by atoms with van der Waals surface area (Å²) in [6.07, 6.45) is 4.12. The lowest BCUT2D eigenvalue weighted by Crippen LogP contribution is -2.20.